The molecule has 0 heterocycles. The van der Waals surface area contributed by atoms with Gasteiger partial charge in [-0.15, -0.1) is 6.58 Å². The Bertz CT molecular complexity index is 463. The average Bonchev–Trinajstić information content (AvgIpc) is 2.27. The normalized spacial score (nSPS) is 11.1. The fourth-order valence-electron chi connectivity index (χ4n) is 1.62. The number of rotatable bonds is 3. The molecule has 1 aromatic rings. The molecule has 4 heteroatoms. The maximum absolute atomic E-state index is 13.2. The second-order valence-electron chi connectivity index (χ2n) is 5.04. The highest BCUT2D eigenvalue weighted by Crippen LogP contribution is 2.23. The van der Waals surface area contributed by atoms with Crippen molar-refractivity contribution < 1.29 is 14.3 Å². The molecule has 0 saturated heterocycles. The fourth-order valence-corrected chi connectivity index (χ4v) is 1.62. The van der Waals surface area contributed by atoms with Gasteiger partial charge in [-0.05, 0) is 39.0 Å². The molecule has 0 unspecified atom stereocenters. The van der Waals surface area contributed by atoms with Gasteiger partial charge in [0.25, 0.3) is 5.91 Å². The van der Waals surface area contributed by atoms with E-state index in [1.54, 1.807) is 6.08 Å². The van der Waals surface area contributed by atoms with Gasteiger partial charge in [0, 0.05) is 12.1 Å². The van der Waals surface area contributed by atoms with E-state index in [-0.39, 0.29) is 11.3 Å². The first-order chi connectivity index (χ1) is 8.27. The lowest BCUT2D eigenvalue weighted by Crippen LogP contribution is -2.45. The molecule has 1 rings (SSSR count). The SMILES string of the molecule is C=CCN(C(=O)c1cc(F)ccc1O)C(C)(C)C. The third kappa shape index (κ3) is 3.09. The van der Waals surface area contributed by atoms with Crippen LogP contribution in [0.1, 0.15) is 31.1 Å². The highest BCUT2D eigenvalue weighted by Gasteiger charge is 2.28. The topological polar surface area (TPSA) is 40.5 Å². The van der Waals surface area contributed by atoms with Gasteiger partial charge in [0.2, 0.25) is 0 Å². The molecule has 0 radical (unpaired) electrons. The van der Waals surface area contributed by atoms with E-state index < -0.39 is 17.3 Å². The van der Waals surface area contributed by atoms with E-state index in [1.807, 2.05) is 20.8 Å². The Kier molecular flexibility index (Phi) is 4.11. The van der Waals surface area contributed by atoms with Crippen LogP contribution in [0.2, 0.25) is 0 Å². The van der Waals surface area contributed by atoms with Gasteiger partial charge in [-0.25, -0.2) is 4.39 Å². The molecule has 18 heavy (non-hydrogen) atoms. The van der Waals surface area contributed by atoms with E-state index in [9.17, 15) is 14.3 Å². The molecule has 1 aromatic carbocycles. The smallest absolute Gasteiger partial charge is 0.258 e. The molecular formula is C14H18FNO2. The average molecular weight is 251 g/mol. The number of amides is 1. The quantitative estimate of drug-likeness (QED) is 0.839. The molecule has 0 aliphatic carbocycles. The predicted molar refractivity (Wildman–Crippen MR) is 69.1 cm³/mol. The molecule has 1 amide bonds. The van der Waals surface area contributed by atoms with Crippen molar-refractivity contribution in [3.8, 4) is 5.75 Å². The number of hydrogen-bond donors (Lipinski definition) is 1. The van der Waals surface area contributed by atoms with Crippen LogP contribution in [-0.4, -0.2) is 28.0 Å². The third-order valence-electron chi connectivity index (χ3n) is 2.56. The number of nitrogens with zero attached hydrogens (tertiary/aromatic N) is 1. The second kappa shape index (κ2) is 5.21. The first-order valence-corrected chi connectivity index (χ1v) is 5.68. The van der Waals surface area contributed by atoms with E-state index >= 15 is 0 Å². The van der Waals surface area contributed by atoms with E-state index in [2.05, 4.69) is 6.58 Å². The number of carbonyl (C=O) groups is 1. The monoisotopic (exact) mass is 251 g/mol. The molecule has 0 aromatic heterocycles. The third-order valence-corrected chi connectivity index (χ3v) is 2.56. The maximum atomic E-state index is 13.2. The Morgan fingerprint density at radius 2 is 2.11 bits per heavy atom. The van der Waals surface area contributed by atoms with Crippen LogP contribution >= 0.6 is 0 Å². The van der Waals surface area contributed by atoms with Crippen LogP contribution in [0.25, 0.3) is 0 Å². The molecule has 0 aliphatic rings. The molecule has 0 spiro atoms. The summed E-state index contributed by atoms with van der Waals surface area (Å²) in [6.07, 6.45) is 1.60. The van der Waals surface area contributed by atoms with Gasteiger partial charge in [-0.1, -0.05) is 6.08 Å². The van der Waals surface area contributed by atoms with Crippen LogP contribution in [0, 0.1) is 5.82 Å². The lowest BCUT2D eigenvalue weighted by Gasteiger charge is -2.35. The van der Waals surface area contributed by atoms with Gasteiger partial charge in [-0.2, -0.15) is 0 Å². The van der Waals surface area contributed by atoms with Crippen molar-refractivity contribution in [2.45, 2.75) is 26.3 Å². The van der Waals surface area contributed by atoms with Crippen molar-refractivity contribution in [2.24, 2.45) is 0 Å². The van der Waals surface area contributed by atoms with Crippen molar-refractivity contribution >= 4 is 5.91 Å². The highest BCUT2D eigenvalue weighted by molar-refractivity contribution is 5.97. The first-order valence-electron chi connectivity index (χ1n) is 5.68. The van der Waals surface area contributed by atoms with Crippen molar-refractivity contribution in [2.75, 3.05) is 6.54 Å². The Morgan fingerprint density at radius 3 is 2.61 bits per heavy atom. The fraction of sp³-hybridized carbons (Fsp3) is 0.357. The zero-order valence-corrected chi connectivity index (χ0v) is 10.9. The van der Waals surface area contributed by atoms with Gasteiger partial charge in [-0.3, -0.25) is 4.79 Å². The summed E-state index contributed by atoms with van der Waals surface area (Å²) >= 11 is 0. The van der Waals surface area contributed by atoms with Gasteiger partial charge in [0.1, 0.15) is 11.6 Å². The highest BCUT2D eigenvalue weighted by atomic mass is 19.1. The Hall–Kier alpha value is -1.84. The summed E-state index contributed by atoms with van der Waals surface area (Å²) in [4.78, 5) is 13.8. The number of benzene rings is 1. The Balaban J connectivity index is 3.17. The van der Waals surface area contributed by atoms with Crippen LogP contribution in [0.15, 0.2) is 30.9 Å². The number of phenols is 1. The van der Waals surface area contributed by atoms with Crippen LogP contribution in [0.5, 0.6) is 5.75 Å². The molecule has 0 atom stereocenters. The minimum atomic E-state index is -0.552. The van der Waals surface area contributed by atoms with Gasteiger partial charge >= 0.3 is 0 Å². The summed E-state index contributed by atoms with van der Waals surface area (Å²) < 4.78 is 13.2. The molecular weight excluding hydrogens is 233 g/mol. The molecule has 3 nitrogen and oxygen atoms in total. The minimum absolute atomic E-state index is 0.0354. The molecule has 98 valence electrons. The summed E-state index contributed by atoms with van der Waals surface area (Å²) in [7, 11) is 0. The van der Waals surface area contributed by atoms with E-state index in [0.717, 1.165) is 12.1 Å². The predicted octanol–water partition coefficient (Wildman–Crippen LogP) is 2.96. The summed E-state index contributed by atoms with van der Waals surface area (Å²) in [6.45, 7) is 9.53. The Labute approximate surface area is 107 Å². The van der Waals surface area contributed by atoms with Gasteiger partial charge in [0.05, 0.1) is 5.56 Å². The summed E-state index contributed by atoms with van der Waals surface area (Å²) in [5, 5.41) is 9.65. The zero-order chi connectivity index (χ0) is 13.9. The second-order valence-corrected chi connectivity index (χ2v) is 5.04. The largest absolute Gasteiger partial charge is 0.507 e. The minimum Gasteiger partial charge on any atom is -0.507 e. The van der Waals surface area contributed by atoms with Gasteiger partial charge < -0.3 is 10.0 Å². The van der Waals surface area contributed by atoms with E-state index in [1.165, 1.54) is 11.0 Å². The van der Waals surface area contributed by atoms with Crippen LogP contribution in [0.3, 0.4) is 0 Å². The number of hydrogen-bond acceptors (Lipinski definition) is 2. The summed E-state index contributed by atoms with van der Waals surface area (Å²) in [5.41, 5.74) is -0.476. The Morgan fingerprint density at radius 1 is 1.50 bits per heavy atom. The van der Waals surface area contributed by atoms with Crippen LogP contribution in [0.4, 0.5) is 4.39 Å². The van der Waals surface area contributed by atoms with Crippen molar-refractivity contribution in [1.29, 1.82) is 0 Å². The summed E-state index contributed by atoms with van der Waals surface area (Å²) in [5.74, 6) is -1.19. The first kappa shape index (κ1) is 14.2. The number of aromatic hydroxyl groups is 1. The zero-order valence-electron chi connectivity index (χ0n) is 10.9. The lowest BCUT2D eigenvalue weighted by atomic mass is 10.0. The number of carbonyl (C=O) groups excluding carboxylic acids is 1. The number of halogens is 1. The molecule has 0 fully saturated rings. The van der Waals surface area contributed by atoms with Crippen molar-refractivity contribution in [3.05, 3.63) is 42.2 Å². The van der Waals surface area contributed by atoms with E-state index in [0.29, 0.717) is 6.54 Å². The summed E-state index contributed by atoms with van der Waals surface area (Å²) in [6, 6.07) is 3.33. The molecule has 0 bridgehead atoms. The van der Waals surface area contributed by atoms with Crippen LogP contribution < -0.4 is 0 Å². The molecule has 0 aliphatic heterocycles. The van der Waals surface area contributed by atoms with Gasteiger partial charge in [0.15, 0.2) is 0 Å². The lowest BCUT2D eigenvalue weighted by molar-refractivity contribution is 0.0613. The van der Waals surface area contributed by atoms with Crippen molar-refractivity contribution in [1.82, 2.24) is 4.90 Å². The standard InChI is InChI=1S/C14H18FNO2/c1-5-8-16(14(2,3)4)13(18)11-9-10(15)6-7-12(11)17/h5-7,9,17H,1,8H2,2-4H3. The molecule has 0 saturated carbocycles. The molecule has 1 N–H and O–H groups in total. The maximum Gasteiger partial charge on any atom is 0.258 e. The van der Waals surface area contributed by atoms with Crippen LogP contribution in [-0.2, 0) is 0 Å². The number of phenolic OH excluding ortho intramolecular Hbond substituents is 1. The van der Waals surface area contributed by atoms with E-state index in [4.69, 9.17) is 0 Å². The van der Waals surface area contributed by atoms with Crippen molar-refractivity contribution in [3.63, 3.8) is 0 Å².